The van der Waals surface area contributed by atoms with Crippen molar-refractivity contribution >= 4 is 18.2 Å². The molecule has 0 saturated heterocycles. The number of nitrogens with one attached hydrogen (secondary N) is 2. The van der Waals surface area contributed by atoms with Crippen molar-refractivity contribution < 1.29 is 9.53 Å². The van der Waals surface area contributed by atoms with E-state index < -0.39 is 0 Å². The van der Waals surface area contributed by atoms with Gasteiger partial charge in [0.15, 0.2) is 4.77 Å². The van der Waals surface area contributed by atoms with Gasteiger partial charge in [-0.15, -0.1) is 0 Å². The van der Waals surface area contributed by atoms with Gasteiger partial charge in [0.25, 0.3) is 5.56 Å². The molecule has 0 atom stereocenters. The molecule has 0 aliphatic heterocycles. The first kappa shape index (κ1) is 11.6. The lowest BCUT2D eigenvalue weighted by atomic mass is 10.2. The standard InChI is InChI=1S/C9H12N2O3S/c1-5-7(3-4-14-6(2)12)8(13)11-9(15)10-5/h3-4H2,1-2H3,(H2,10,11,13,15). The monoisotopic (exact) mass is 228 g/mol. The van der Waals surface area contributed by atoms with Crippen molar-refractivity contribution in [3.63, 3.8) is 0 Å². The van der Waals surface area contributed by atoms with Crippen LogP contribution < -0.4 is 5.56 Å². The van der Waals surface area contributed by atoms with Crippen molar-refractivity contribution in [2.24, 2.45) is 0 Å². The summed E-state index contributed by atoms with van der Waals surface area (Å²) >= 11 is 4.80. The van der Waals surface area contributed by atoms with Gasteiger partial charge in [0, 0.05) is 24.6 Å². The Morgan fingerprint density at radius 2 is 2.13 bits per heavy atom. The summed E-state index contributed by atoms with van der Waals surface area (Å²) in [4.78, 5) is 27.3. The molecule has 0 radical (unpaired) electrons. The number of hydrogen-bond donors (Lipinski definition) is 2. The van der Waals surface area contributed by atoms with Gasteiger partial charge in [0.2, 0.25) is 0 Å². The average Bonchev–Trinajstić information content (AvgIpc) is 2.08. The summed E-state index contributed by atoms with van der Waals surface area (Å²) in [6.07, 6.45) is 0.382. The fourth-order valence-electron chi connectivity index (χ4n) is 1.22. The van der Waals surface area contributed by atoms with Gasteiger partial charge in [-0.2, -0.15) is 0 Å². The molecular formula is C9H12N2O3S. The van der Waals surface area contributed by atoms with Gasteiger partial charge in [-0.1, -0.05) is 0 Å². The molecule has 1 heterocycles. The zero-order valence-electron chi connectivity index (χ0n) is 8.55. The van der Waals surface area contributed by atoms with Crippen LogP contribution >= 0.6 is 12.2 Å². The van der Waals surface area contributed by atoms with Crippen LogP contribution in [0.2, 0.25) is 0 Å². The van der Waals surface area contributed by atoms with Crippen LogP contribution in [0, 0.1) is 11.7 Å². The maximum Gasteiger partial charge on any atom is 0.302 e. The lowest BCUT2D eigenvalue weighted by Crippen LogP contribution is -2.18. The highest BCUT2D eigenvalue weighted by molar-refractivity contribution is 7.71. The van der Waals surface area contributed by atoms with Crippen LogP contribution in [0.3, 0.4) is 0 Å². The zero-order chi connectivity index (χ0) is 11.4. The Labute approximate surface area is 91.5 Å². The fourth-order valence-corrected chi connectivity index (χ4v) is 1.47. The predicted molar refractivity (Wildman–Crippen MR) is 57.3 cm³/mol. The number of H-pyrrole nitrogens is 2. The highest BCUT2D eigenvalue weighted by Crippen LogP contribution is 1.98. The first-order valence-corrected chi connectivity index (χ1v) is 4.87. The Kier molecular flexibility index (Phi) is 3.79. The summed E-state index contributed by atoms with van der Waals surface area (Å²) in [6, 6.07) is 0. The van der Waals surface area contributed by atoms with Crippen molar-refractivity contribution in [2.45, 2.75) is 20.3 Å². The molecule has 6 heteroatoms. The molecule has 0 aromatic carbocycles. The predicted octanol–water partition coefficient (Wildman–Crippen LogP) is 0.847. The molecule has 0 saturated carbocycles. The molecule has 0 unspecified atom stereocenters. The van der Waals surface area contributed by atoms with E-state index in [1.165, 1.54) is 6.92 Å². The summed E-state index contributed by atoms with van der Waals surface area (Å²) in [6.45, 7) is 3.29. The zero-order valence-corrected chi connectivity index (χ0v) is 9.36. The van der Waals surface area contributed by atoms with E-state index in [9.17, 15) is 9.59 Å². The smallest absolute Gasteiger partial charge is 0.302 e. The molecule has 1 aromatic heterocycles. The number of hydrogen-bond acceptors (Lipinski definition) is 4. The molecule has 1 rings (SSSR count). The van der Waals surface area contributed by atoms with Crippen molar-refractivity contribution in [3.05, 3.63) is 26.4 Å². The van der Waals surface area contributed by atoms with Gasteiger partial charge >= 0.3 is 5.97 Å². The Bertz CT molecular complexity index is 475. The van der Waals surface area contributed by atoms with Crippen molar-refractivity contribution in [2.75, 3.05) is 6.61 Å². The minimum atomic E-state index is -0.354. The van der Waals surface area contributed by atoms with E-state index >= 15 is 0 Å². The van der Waals surface area contributed by atoms with Crippen LogP contribution in [-0.2, 0) is 16.0 Å². The minimum absolute atomic E-state index is 0.198. The van der Waals surface area contributed by atoms with Gasteiger partial charge in [-0.3, -0.25) is 14.6 Å². The number of rotatable bonds is 3. The van der Waals surface area contributed by atoms with E-state index in [1.807, 2.05) is 0 Å². The van der Waals surface area contributed by atoms with Crippen LogP contribution in [0.25, 0.3) is 0 Å². The number of carbonyl (C=O) groups is 1. The van der Waals surface area contributed by atoms with E-state index in [-0.39, 0.29) is 18.1 Å². The Hall–Kier alpha value is -1.43. The van der Waals surface area contributed by atoms with Crippen LogP contribution in [0.1, 0.15) is 18.2 Å². The number of ether oxygens (including phenoxy) is 1. The summed E-state index contributed by atoms with van der Waals surface area (Å²) in [7, 11) is 0. The van der Waals surface area contributed by atoms with E-state index in [0.717, 1.165) is 0 Å². The maximum absolute atomic E-state index is 11.5. The van der Waals surface area contributed by atoms with Crippen molar-refractivity contribution in [3.8, 4) is 0 Å². The fraction of sp³-hybridized carbons (Fsp3) is 0.444. The normalized spacial score (nSPS) is 10.0. The summed E-state index contributed by atoms with van der Waals surface area (Å²) in [5, 5.41) is 0. The molecule has 0 fully saturated rings. The van der Waals surface area contributed by atoms with E-state index in [2.05, 4.69) is 9.97 Å². The molecule has 0 aliphatic rings. The Morgan fingerprint density at radius 3 is 2.67 bits per heavy atom. The van der Waals surface area contributed by atoms with Gasteiger partial charge < -0.3 is 9.72 Å². The molecule has 82 valence electrons. The second-order valence-corrected chi connectivity index (χ2v) is 3.51. The molecule has 2 N–H and O–H groups in total. The average molecular weight is 228 g/mol. The third kappa shape index (κ3) is 3.32. The van der Waals surface area contributed by atoms with Gasteiger partial charge in [0.05, 0.1) is 6.61 Å². The minimum Gasteiger partial charge on any atom is -0.466 e. The van der Waals surface area contributed by atoms with Gasteiger partial charge in [-0.05, 0) is 19.1 Å². The van der Waals surface area contributed by atoms with Gasteiger partial charge in [0.1, 0.15) is 0 Å². The molecule has 5 nitrogen and oxygen atoms in total. The van der Waals surface area contributed by atoms with E-state index in [4.69, 9.17) is 17.0 Å². The third-order valence-corrected chi connectivity index (χ3v) is 2.12. The molecule has 0 bridgehead atoms. The summed E-state index contributed by atoms with van der Waals surface area (Å²) in [5.41, 5.74) is 1.03. The van der Waals surface area contributed by atoms with Crippen molar-refractivity contribution in [1.82, 2.24) is 9.97 Å². The topological polar surface area (TPSA) is 75.0 Å². The second kappa shape index (κ2) is 4.88. The van der Waals surface area contributed by atoms with Crippen LogP contribution in [-0.4, -0.2) is 22.5 Å². The highest BCUT2D eigenvalue weighted by Gasteiger charge is 2.05. The van der Waals surface area contributed by atoms with E-state index in [0.29, 0.717) is 22.4 Å². The highest BCUT2D eigenvalue weighted by atomic mass is 32.1. The molecule has 0 amide bonds. The second-order valence-electron chi connectivity index (χ2n) is 3.10. The number of aromatic amines is 2. The lowest BCUT2D eigenvalue weighted by molar-refractivity contribution is -0.140. The molecule has 15 heavy (non-hydrogen) atoms. The van der Waals surface area contributed by atoms with Crippen molar-refractivity contribution in [1.29, 1.82) is 0 Å². The Morgan fingerprint density at radius 1 is 1.47 bits per heavy atom. The Balaban J connectivity index is 2.82. The molecule has 0 spiro atoms. The van der Waals surface area contributed by atoms with Gasteiger partial charge in [-0.25, -0.2) is 0 Å². The third-order valence-electron chi connectivity index (χ3n) is 1.91. The maximum atomic E-state index is 11.5. The molecule has 1 aromatic rings. The molecule has 0 aliphatic carbocycles. The number of carbonyl (C=O) groups excluding carboxylic acids is 1. The quantitative estimate of drug-likeness (QED) is 0.594. The van der Waals surface area contributed by atoms with E-state index in [1.54, 1.807) is 6.92 Å². The number of aromatic nitrogens is 2. The van der Waals surface area contributed by atoms with Crippen LogP contribution in [0.15, 0.2) is 4.79 Å². The first-order valence-electron chi connectivity index (χ1n) is 4.46. The number of esters is 1. The molecular weight excluding hydrogens is 216 g/mol. The largest absolute Gasteiger partial charge is 0.466 e. The van der Waals surface area contributed by atoms with Crippen LogP contribution in [0.5, 0.6) is 0 Å². The summed E-state index contributed by atoms with van der Waals surface area (Å²) < 4.78 is 5.05. The van der Waals surface area contributed by atoms with Crippen LogP contribution in [0.4, 0.5) is 0 Å². The first-order chi connectivity index (χ1) is 7.00. The summed E-state index contributed by atoms with van der Waals surface area (Å²) in [5.74, 6) is -0.354. The number of aryl methyl sites for hydroxylation is 1. The lowest BCUT2D eigenvalue weighted by Gasteiger charge is -2.04. The SMILES string of the molecule is CC(=O)OCCc1c(C)[nH]c(=S)[nH]c1=O.